The van der Waals surface area contributed by atoms with E-state index in [1.165, 1.54) is 4.52 Å². The number of carbonyl (C=O) groups excluding carboxylic acids is 2. The van der Waals surface area contributed by atoms with Crippen molar-refractivity contribution >= 4 is 17.6 Å². The fourth-order valence-corrected chi connectivity index (χ4v) is 2.79. The Morgan fingerprint density at radius 3 is 2.33 bits per heavy atom. The van der Waals surface area contributed by atoms with Crippen molar-refractivity contribution in [1.82, 2.24) is 14.6 Å². The Morgan fingerprint density at radius 2 is 1.78 bits per heavy atom. The molecule has 0 spiro atoms. The average Bonchev–Trinajstić information content (AvgIpc) is 2.97. The number of carbonyl (C=O) groups is 2. The Morgan fingerprint density at radius 1 is 1.15 bits per heavy atom. The molecule has 1 atom stereocenters. The van der Waals surface area contributed by atoms with Crippen molar-refractivity contribution in [3.8, 4) is 0 Å². The van der Waals surface area contributed by atoms with Crippen LogP contribution in [-0.4, -0.2) is 45.4 Å². The molecule has 2 aromatic rings. The summed E-state index contributed by atoms with van der Waals surface area (Å²) in [6.07, 6.45) is -0.947. The molecule has 0 saturated carbocycles. The first-order chi connectivity index (χ1) is 12.6. The van der Waals surface area contributed by atoms with E-state index in [1.54, 1.807) is 33.8 Å². The van der Waals surface area contributed by atoms with Gasteiger partial charge in [-0.05, 0) is 48.5 Å². The van der Waals surface area contributed by atoms with Crippen molar-refractivity contribution in [1.29, 1.82) is 0 Å². The van der Waals surface area contributed by atoms with Gasteiger partial charge in [0.05, 0.1) is 18.8 Å². The van der Waals surface area contributed by atoms with Gasteiger partial charge in [-0.15, -0.1) is 0 Å². The standard InChI is InChI=1S/C19H27N3O5/c1-8-25-17(23)13-10-14-20-11(3)15(12(4)22(14)21-13)16(18(24)26-9-2)27-19(5,6)7/h10,16H,8-9H2,1-7H3. The minimum absolute atomic E-state index is 0.161. The number of nitrogens with zero attached hydrogens (tertiary/aromatic N) is 3. The van der Waals surface area contributed by atoms with E-state index in [-0.39, 0.29) is 18.9 Å². The lowest BCUT2D eigenvalue weighted by Gasteiger charge is -2.28. The number of fused-ring (bicyclic) bond motifs is 1. The Bertz CT molecular complexity index is 851. The third-order valence-electron chi connectivity index (χ3n) is 3.79. The average molecular weight is 377 g/mol. The van der Waals surface area contributed by atoms with Gasteiger partial charge in [-0.1, -0.05) is 0 Å². The molecular weight excluding hydrogens is 350 g/mol. The predicted molar refractivity (Wildman–Crippen MR) is 98.6 cm³/mol. The van der Waals surface area contributed by atoms with Crippen LogP contribution in [0.4, 0.5) is 0 Å². The Labute approximate surface area is 158 Å². The topological polar surface area (TPSA) is 92.0 Å². The van der Waals surface area contributed by atoms with Crippen LogP contribution in [0.5, 0.6) is 0 Å². The van der Waals surface area contributed by atoms with Crippen LogP contribution in [-0.2, 0) is 19.0 Å². The van der Waals surface area contributed by atoms with E-state index < -0.39 is 23.6 Å². The number of aryl methyl sites for hydroxylation is 2. The second-order valence-corrected chi connectivity index (χ2v) is 7.08. The highest BCUT2D eigenvalue weighted by Gasteiger charge is 2.32. The molecule has 0 fully saturated rings. The number of aromatic nitrogens is 3. The van der Waals surface area contributed by atoms with Gasteiger partial charge in [0.2, 0.25) is 0 Å². The van der Waals surface area contributed by atoms with E-state index >= 15 is 0 Å². The predicted octanol–water partition coefficient (Wildman–Crippen LogP) is 2.94. The molecule has 0 aromatic carbocycles. The molecule has 0 amide bonds. The molecule has 8 heteroatoms. The lowest BCUT2D eigenvalue weighted by Crippen LogP contribution is -2.30. The minimum Gasteiger partial charge on any atom is -0.464 e. The van der Waals surface area contributed by atoms with Gasteiger partial charge >= 0.3 is 11.9 Å². The zero-order valence-corrected chi connectivity index (χ0v) is 17.0. The second-order valence-electron chi connectivity index (χ2n) is 7.08. The van der Waals surface area contributed by atoms with Crippen molar-refractivity contribution in [2.75, 3.05) is 13.2 Å². The molecule has 0 aliphatic carbocycles. The molecule has 2 heterocycles. The van der Waals surface area contributed by atoms with Crippen LogP contribution in [0.2, 0.25) is 0 Å². The molecule has 0 saturated heterocycles. The lowest BCUT2D eigenvalue weighted by atomic mass is 10.0. The van der Waals surface area contributed by atoms with Gasteiger partial charge in [-0.3, -0.25) is 0 Å². The Kier molecular flexibility index (Phi) is 6.20. The van der Waals surface area contributed by atoms with Gasteiger partial charge in [0.15, 0.2) is 17.4 Å². The fourth-order valence-electron chi connectivity index (χ4n) is 2.79. The summed E-state index contributed by atoms with van der Waals surface area (Å²) in [5.74, 6) is -1.01. The highest BCUT2D eigenvalue weighted by Crippen LogP contribution is 2.30. The van der Waals surface area contributed by atoms with Gasteiger partial charge < -0.3 is 14.2 Å². The van der Waals surface area contributed by atoms with E-state index in [2.05, 4.69) is 10.1 Å². The molecule has 148 valence electrons. The van der Waals surface area contributed by atoms with Crippen molar-refractivity contribution in [3.05, 3.63) is 28.7 Å². The van der Waals surface area contributed by atoms with E-state index in [4.69, 9.17) is 14.2 Å². The Balaban J connectivity index is 2.60. The first kappa shape index (κ1) is 20.8. The number of hydrogen-bond acceptors (Lipinski definition) is 7. The maximum atomic E-state index is 12.6. The van der Waals surface area contributed by atoms with Gasteiger partial charge in [0.1, 0.15) is 0 Å². The normalized spacial score (nSPS) is 12.9. The number of rotatable bonds is 6. The van der Waals surface area contributed by atoms with Crippen LogP contribution in [0.15, 0.2) is 6.07 Å². The fraction of sp³-hybridized carbons (Fsp3) is 0.579. The van der Waals surface area contributed by atoms with Crippen molar-refractivity contribution < 1.29 is 23.8 Å². The Hall–Kier alpha value is -2.48. The molecule has 2 aromatic heterocycles. The number of hydrogen-bond donors (Lipinski definition) is 0. The molecule has 2 rings (SSSR count). The number of esters is 2. The zero-order chi connectivity index (χ0) is 20.4. The van der Waals surface area contributed by atoms with Crippen LogP contribution in [0.25, 0.3) is 5.65 Å². The summed E-state index contributed by atoms with van der Waals surface area (Å²) in [5.41, 5.74) is 1.91. The molecule has 0 aliphatic heterocycles. The van der Waals surface area contributed by atoms with E-state index in [9.17, 15) is 9.59 Å². The van der Waals surface area contributed by atoms with Crippen LogP contribution in [0.3, 0.4) is 0 Å². The SMILES string of the molecule is CCOC(=O)c1cc2nc(C)c(C(OC(C)(C)C)C(=O)OCC)c(C)n2n1. The molecule has 0 radical (unpaired) electrons. The number of ether oxygens (including phenoxy) is 3. The van der Waals surface area contributed by atoms with Crippen LogP contribution in [0.1, 0.15) is 68.2 Å². The van der Waals surface area contributed by atoms with Gasteiger partial charge in [-0.2, -0.15) is 5.10 Å². The summed E-state index contributed by atoms with van der Waals surface area (Å²) in [6.45, 7) is 13.2. The summed E-state index contributed by atoms with van der Waals surface area (Å²) in [5, 5.41) is 4.29. The largest absolute Gasteiger partial charge is 0.464 e. The van der Waals surface area contributed by atoms with Crippen molar-refractivity contribution in [2.24, 2.45) is 0 Å². The van der Waals surface area contributed by atoms with E-state index in [1.807, 2.05) is 20.8 Å². The van der Waals surface area contributed by atoms with Crippen molar-refractivity contribution in [2.45, 2.75) is 60.2 Å². The van der Waals surface area contributed by atoms with Gasteiger partial charge in [-0.25, -0.2) is 19.1 Å². The highest BCUT2D eigenvalue weighted by molar-refractivity contribution is 5.88. The summed E-state index contributed by atoms with van der Waals surface area (Å²) < 4.78 is 17.7. The zero-order valence-electron chi connectivity index (χ0n) is 17.0. The van der Waals surface area contributed by atoms with Crippen molar-refractivity contribution in [3.63, 3.8) is 0 Å². The van der Waals surface area contributed by atoms with Crippen LogP contribution < -0.4 is 0 Å². The maximum Gasteiger partial charge on any atom is 0.358 e. The summed E-state index contributed by atoms with van der Waals surface area (Å²) in [6, 6.07) is 1.56. The summed E-state index contributed by atoms with van der Waals surface area (Å²) >= 11 is 0. The third-order valence-corrected chi connectivity index (χ3v) is 3.79. The molecule has 1 unspecified atom stereocenters. The minimum atomic E-state index is -0.947. The molecule has 0 N–H and O–H groups in total. The van der Waals surface area contributed by atoms with Crippen LogP contribution >= 0.6 is 0 Å². The third kappa shape index (κ3) is 4.63. The summed E-state index contributed by atoms with van der Waals surface area (Å²) in [7, 11) is 0. The molecule has 27 heavy (non-hydrogen) atoms. The van der Waals surface area contributed by atoms with Gasteiger partial charge in [0.25, 0.3) is 0 Å². The first-order valence-electron chi connectivity index (χ1n) is 8.97. The second kappa shape index (κ2) is 8.04. The molecular formula is C19H27N3O5. The highest BCUT2D eigenvalue weighted by atomic mass is 16.6. The lowest BCUT2D eigenvalue weighted by molar-refractivity contribution is -0.167. The van der Waals surface area contributed by atoms with Crippen LogP contribution in [0, 0.1) is 13.8 Å². The summed E-state index contributed by atoms with van der Waals surface area (Å²) in [4.78, 5) is 29.1. The molecule has 0 bridgehead atoms. The smallest absolute Gasteiger partial charge is 0.358 e. The first-order valence-corrected chi connectivity index (χ1v) is 8.97. The van der Waals surface area contributed by atoms with E-state index in [0.29, 0.717) is 22.6 Å². The maximum absolute atomic E-state index is 12.6. The molecule has 8 nitrogen and oxygen atoms in total. The van der Waals surface area contributed by atoms with E-state index in [0.717, 1.165) is 0 Å². The molecule has 0 aliphatic rings. The monoisotopic (exact) mass is 377 g/mol. The van der Waals surface area contributed by atoms with Gasteiger partial charge in [0, 0.05) is 23.0 Å². The quantitative estimate of drug-likeness (QED) is 0.715.